The third-order valence-corrected chi connectivity index (χ3v) is 5.25. The van der Waals surface area contributed by atoms with E-state index in [4.69, 9.17) is 0 Å². The Kier molecular flexibility index (Phi) is 3.34. The summed E-state index contributed by atoms with van der Waals surface area (Å²) in [5.41, 5.74) is 1.21. The first kappa shape index (κ1) is 13.7. The minimum Gasteiger partial charge on any atom is -0.311 e. The van der Waals surface area contributed by atoms with Crippen LogP contribution in [0.2, 0.25) is 0 Å². The lowest BCUT2D eigenvalue weighted by Gasteiger charge is -2.17. The summed E-state index contributed by atoms with van der Waals surface area (Å²) in [4.78, 5) is 26.5. The normalized spacial score (nSPS) is 32.1. The largest absolute Gasteiger partial charge is 0.311 e. The Hall–Kier alpha value is -1.94. The highest BCUT2D eigenvalue weighted by Gasteiger charge is 2.58. The van der Waals surface area contributed by atoms with Gasteiger partial charge in [-0.3, -0.25) is 14.5 Å². The number of fused-ring (bicyclic) bond motifs is 5. The molecule has 4 nitrogen and oxygen atoms in total. The molecule has 2 bridgehead atoms. The van der Waals surface area contributed by atoms with Crippen molar-refractivity contribution in [3.8, 4) is 0 Å². The fourth-order valence-corrected chi connectivity index (χ4v) is 4.20. The Balaban J connectivity index is 1.33. The summed E-state index contributed by atoms with van der Waals surface area (Å²) in [6.07, 6.45) is 5.26. The molecule has 2 aliphatic carbocycles. The molecule has 4 rings (SSSR count). The van der Waals surface area contributed by atoms with Gasteiger partial charge in [-0.15, -0.1) is 0 Å². The quantitative estimate of drug-likeness (QED) is 0.510. The molecule has 0 aromatic heterocycles. The van der Waals surface area contributed by atoms with Crippen molar-refractivity contribution in [2.24, 2.45) is 23.7 Å². The highest BCUT2D eigenvalue weighted by Crippen LogP contribution is 2.52. The predicted octanol–water partition coefficient (Wildman–Crippen LogP) is 1.58. The molecule has 1 saturated carbocycles. The zero-order valence-electron chi connectivity index (χ0n) is 12.4. The third-order valence-electron chi connectivity index (χ3n) is 5.25. The number of carbonyl (C=O) groups is 2. The van der Waals surface area contributed by atoms with Gasteiger partial charge in [0.25, 0.3) is 0 Å². The van der Waals surface area contributed by atoms with Gasteiger partial charge in [0.1, 0.15) is 0 Å². The molecule has 1 heterocycles. The third kappa shape index (κ3) is 2.10. The number of rotatable bonds is 5. The predicted molar refractivity (Wildman–Crippen MR) is 82.6 cm³/mol. The molecular weight excluding hydrogens is 276 g/mol. The summed E-state index contributed by atoms with van der Waals surface area (Å²) in [5, 5.41) is 3.31. The van der Waals surface area contributed by atoms with Crippen LogP contribution < -0.4 is 5.32 Å². The van der Waals surface area contributed by atoms with Gasteiger partial charge in [0.2, 0.25) is 11.8 Å². The second kappa shape index (κ2) is 5.36. The SMILES string of the molecule is O=C1[C@@H]2[C@H](C(=O)N1CCNCc1ccccc1)[C@@H]1C=C[C@H]2C1. The van der Waals surface area contributed by atoms with Crippen LogP contribution in [-0.4, -0.2) is 29.8 Å². The lowest BCUT2D eigenvalue weighted by molar-refractivity contribution is -0.140. The fraction of sp³-hybridized carbons (Fsp3) is 0.444. The second-order valence-corrected chi connectivity index (χ2v) is 6.49. The molecule has 0 unspecified atom stereocenters. The molecule has 22 heavy (non-hydrogen) atoms. The van der Waals surface area contributed by atoms with Crippen molar-refractivity contribution >= 4 is 11.8 Å². The number of carbonyl (C=O) groups excluding carboxylic acids is 2. The molecule has 0 radical (unpaired) electrons. The van der Waals surface area contributed by atoms with Crippen LogP contribution in [0.15, 0.2) is 42.5 Å². The Labute approximate surface area is 130 Å². The van der Waals surface area contributed by atoms with Gasteiger partial charge in [0.05, 0.1) is 11.8 Å². The average Bonchev–Trinajstić information content (AvgIpc) is 3.21. The van der Waals surface area contributed by atoms with Crippen molar-refractivity contribution in [3.05, 3.63) is 48.0 Å². The van der Waals surface area contributed by atoms with E-state index >= 15 is 0 Å². The molecule has 1 aromatic carbocycles. The number of nitrogens with one attached hydrogen (secondary N) is 1. The van der Waals surface area contributed by atoms with Crippen LogP contribution in [-0.2, 0) is 16.1 Å². The zero-order chi connectivity index (χ0) is 15.1. The molecule has 1 saturated heterocycles. The van der Waals surface area contributed by atoms with Crippen LogP contribution in [0.3, 0.4) is 0 Å². The number of benzene rings is 1. The minimum atomic E-state index is -0.0726. The van der Waals surface area contributed by atoms with Crippen molar-refractivity contribution < 1.29 is 9.59 Å². The van der Waals surface area contributed by atoms with Gasteiger partial charge in [0.15, 0.2) is 0 Å². The maximum Gasteiger partial charge on any atom is 0.233 e. The van der Waals surface area contributed by atoms with Gasteiger partial charge in [-0.25, -0.2) is 0 Å². The minimum absolute atomic E-state index is 0.0494. The van der Waals surface area contributed by atoms with Crippen molar-refractivity contribution in [1.29, 1.82) is 0 Å². The zero-order valence-corrected chi connectivity index (χ0v) is 12.4. The van der Waals surface area contributed by atoms with E-state index < -0.39 is 0 Å². The van der Waals surface area contributed by atoms with Gasteiger partial charge in [0, 0.05) is 19.6 Å². The Morgan fingerprint density at radius 3 is 2.27 bits per heavy atom. The molecule has 2 fully saturated rings. The first-order valence-corrected chi connectivity index (χ1v) is 8.04. The van der Waals surface area contributed by atoms with E-state index in [1.165, 1.54) is 10.5 Å². The van der Waals surface area contributed by atoms with Gasteiger partial charge in [-0.1, -0.05) is 42.5 Å². The summed E-state index contributed by atoms with van der Waals surface area (Å²) in [6, 6.07) is 10.1. The van der Waals surface area contributed by atoms with Gasteiger partial charge < -0.3 is 5.32 Å². The standard InChI is InChI=1S/C18H20N2O2/c21-17-15-13-6-7-14(10-13)16(15)18(22)20(17)9-8-19-11-12-4-2-1-3-5-12/h1-7,13-16,19H,8-11H2/t13-,14+,15-,16+. The van der Waals surface area contributed by atoms with Crippen molar-refractivity contribution in [2.45, 2.75) is 13.0 Å². The van der Waals surface area contributed by atoms with E-state index in [0.717, 1.165) is 13.0 Å². The van der Waals surface area contributed by atoms with Crippen LogP contribution in [0, 0.1) is 23.7 Å². The Morgan fingerprint density at radius 2 is 1.64 bits per heavy atom. The molecule has 114 valence electrons. The second-order valence-electron chi connectivity index (χ2n) is 6.49. The number of hydrogen-bond donors (Lipinski definition) is 1. The van der Waals surface area contributed by atoms with E-state index in [1.54, 1.807) is 0 Å². The van der Waals surface area contributed by atoms with E-state index in [-0.39, 0.29) is 23.7 Å². The number of allylic oxidation sites excluding steroid dienone is 2. The molecule has 0 spiro atoms. The van der Waals surface area contributed by atoms with E-state index in [9.17, 15) is 9.59 Å². The molecule has 4 atom stereocenters. The molecular formula is C18H20N2O2. The van der Waals surface area contributed by atoms with Crippen LogP contribution in [0.5, 0.6) is 0 Å². The summed E-state index contributed by atoms with van der Waals surface area (Å²) in [5.74, 6) is 0.553. The first-order valence-electron chi connectivity index (χ1n) is 8.04. The molecule has 1 aliphatic heterocycles. The van der Waals surface area contributed by atoms with Gasteiger partial charge in [-0.2, -0.15) is 0 Å². The van der Waals surface area contributed by atoms with E-state index in [0.29, 0.717) is 24.9 Å². The van der Waals surface area contributed by atoms with Crippen LogP contribution >= 0.6 is 0 Å². The topological polar surface area (TPSA) is 49.4 Å². The average molecular weight is 296 g/mol. The Bertz CT molecular complexity index is 595. The molecule has 2 amide bonds. The number of likely N-dealkylation sites (tertiary alicyclic amines) is 1. The highest BCUT2D eigenvalue weighted by atomic mass is 16.2. The lowest BCUT2D eigenvalue weighted by atomic mass is 9.85. The maximum atomic E-state index is 12.5. The fourth-order valence-electron chi connectivity index (χ4n) is 4.20. The number of imide groups is 1. The first-order chi connectivity index (χ1) is 10.8. The van der Waals surface area contributed by atoms with E-state index in [2.05, 4.69) is 29.6 Å². The summed E-state index contributed by atoms with van der Waals surface area (Å²) < 4.78 is 0. The molecule has 1 aromatic rings. The monoisotopic (exact) mass is 296 g/mol. The van der Waals surface area contributed by atoms with Crippen LogP contribution in [0.4, 0.5) is 0 Å². The number of hydrogen-bond acceptors (Lipinski definition) is 3. The summed E-state index contributed by atoms with van der Waals surface area (Å²) in [6.45, 7) is 1.89. The van der Waals surface area contributed by atoms with Crippen molar-refractivity contribution in [1.82, 2.24) is 10.2 Å². The summed E-state index contributed by atoms with van der Waals surface area (Å²) in [7, 11) is 0. The van der Waals surface area contributed by atoms with Crippen molar-refractivity contribution in [2.75, 3.05) is 13.1 Å². The highest BCUT2D eigenvalue weighted by molar-refractivity contribution is 6.06. The van der Waals surface area contributed by atoms with Crippen molar-refractivity contribution in [3.63, 3.8) is 0 Å². The number of nitrogens with zero attached hydrogens (tertiary/aromatic N) is 1. The molecule has 3 aliphatic rings. The van der Waals surface area contributed by atoms with Gasteiger partial charge in [-0.05, 0) is 23.8 Å². The molecule has 4 heteroatoms. The van der Waals surface area contributed by atoms with E-state index in [1.807, 2.05) is 18.2 Å². The van der Waals surface area contributed by atoms with Gasteiger partial charge >= 0.3 is 0 Å². The maximum absolute atomic E-state index is 12.5. The molecule has 1 N–H and O–H groups in total. The number of amides is 2. The Morgan fingerprint density at radius 1 is 1.00 bits per heavy atom. The lowest BCUT2D eigenvalue weighted by Crippen LogP contribution is -2.38. The smallest absolute Gasteiger partial charge is 0.233 e. The van der Waals surface area contributed by atoms with Crippen LogP contribution in [0.25, 0.3) is 0 Å². The summed E-state index contributed by atoms with van der Waals surface area (Å²) >= 11 is 0. The van der Waals surface area contributed by atoms with Crippen LogP contribution in [0.1, 0.15) is 12.0 Å².